The number of nitriles is 1. The molecule has 1 heterocycles. The molecule has 0 aromatic heterocycles. The molecule has 19 heavy (non-hydrogen) atoms. The second kappa shape index (κ2) is 6.36. The SMILES string of the molecule is CC(C)(C)OC(=O)CC1(C(O)C#N)CCCOCC1. The van der Waals surface area contributed by atoms with Gasteiger partial charge in [-0.15, -0.1) is 0 Å². The van der Waals surface area contributed by atoms with Gasteiger partial charge in [0.25, 0.3) is 0 Å². The molecular weight excluding hydrogens is 246 g/mol. The maximum Gasteiger partial charge on any atom is 0.307 e. The highest BCUT2D eigenvalue weighted by Crippen LogP contribution is 2.38. The first-order chi connectivity index (χ1) is 8.79. The third-order valence-corrected chi connectivity index (χ3v) is 3.33. The molecular formula is C14H23NO4. The second-order valence-electron chi connectivity index (χ2n) is 6.12. The van der Waals surface area contributed by atoms with Crippen molar-refractivity contribution in [2.45, 2.75) is 58.2 Å². The predicted molar refractivity (Wildman–Crippen MR) is 69.2 cm³/mol. The minimum atomic E-state index is -1.17. The molecule has 0 aromatic rings. The number of carbonyl (C=O) groups is 1. The Morgan fingerprint density at radius 2 is 2.16 bits per heavy atom. The van der Waals surface area contributed by atoms with E-state index >= 15 is 0 Å². The third kappa shape index (κ3) is 4.81. The fraction of sp³-hybridized carbons (Fsp3) is 0.857. The Hall–Kier alpha value is -1.12. The standard InChI is InChI=1S/C14H23NO4/c1-13(2,3)19-12(17)9-14(11(16)10-15)5-4-7-18-8-6-14/h11,16H,4-9H2,1-3H3. The van der Waals surface area contributed by atoms with E-state index in [1.807, 2.05) is 6.07 Å². The van der Waals surface area contributed by atoms with E-state index in [1.54, 1.807) is 20.8 Å². The summed E-state index contributed by atoms with van der Waals surface area (Å²) in [6.45, 7) is 6.47. The molecule has 1 aliphatic rings. The summed E-state index contributed by atoms with van der Waals surface area (Å²) in [5, 5.41) is 19.0. The van der Waals surface area contributed by atoms with E-state index in [2.05, 4.69) is 0 Å². The fourth-order valence-corrected chi connectivity index (χ4v) is 2.38. The number of carbonyl (C=O) groups excluding carboxylic acids is 1. The van der Waals surface area contributed by atoms with Crippen molar-refractivity contribution in [1.82, 2.24) is 0 Å². The molecule has 2 atom stereocenters. The molecule has 1 saturated heterocycles. The summed E-state index contributed by atoms with van der Waals surface area (Å²) >= 11 is 0. The van der Waals surface area contributed by atoms with Crippen LogP contribution in [0.3, 0.4) is 0 Å². The molecule has 1 rings (SSSR count). The van der Waals surface area contributed by atoms with E-state index in [1.165, 1.54) is 0 Å². The summed E-state index contributed by atoms with van der Waals surface area (Å²) < 4.78 is 10.7. The van der Waals surface area contributed by atoms with Crippen LogP contribution in [0.5, 0.6) is 0 Å². The van der Waals surface area contributed by atoms with Crippen molar-refractivity contribution in [3.8, 4) is 6.07 Å². The van der Waals surface area contributed by atoms with Gasteiger partial charge in [-0.05, 0) is 40.0 Å². The van der Waals surface area contributed by atoms with Gasteiger partial charge in [-0.3, -0.25) is 4.79 Å². The van der Waals surface area contributed by atoms with Crippen molar-refractivity contribution < 1.29 is 19.4 Å². The van der Waals surface area contributed by atoms with Gasteiger partial charge in [-0.25, -0.2) is 0 Å². The molecule has 0 bridgehead atoms. The normalized spacial score (nSPS) is 26.1. The highest BCUT2D eigenvalue weighted by molar-refractivity contribution is 5.71. The van der Waals surface area contributed by atoms with Crippen LogP contribution in [0.1, 0.15) is 46.5 Å². The van der Waals surface area contributed by atoms with Crippen molar-refractivity contribution in [3.63, 3.8) is 0 Å². The summed E-state index contributed by atoms with van der Waals surface area (Å²) in [4.78, 5) is 12.0. The quantitative estimate of drug-likeness (QED) is 0.624. The molecule has 1 aliphatic heterocycles. The van der Waals surface area contributed by atoms with Crippen molar-refractivity contribution in [2.24, 2.45) is 5.41 Å². The van der Waals surface area contributed by atoms with Gasteiger partial charge in [-0.2, -0.15) is 5.26 Å². The van der Waals surface area contributed by atoms with Gasteiger partial charge >= 0.3 is 5.97 Å². The largest absolute Gasteiger partial charge is 0.460 e. The van der Waals surface area contributed by atoms with Crippen LogP contribution in [0.4, 0.5) is 0 Å². The van der Waals surface area contributed by atoms with Crippen LogP contribution < -0.4 is 0 Å². The van der Waals surface area contributed by atoms with Crippen molar-refractivity contribution in [3.05, 3.63) is 0 Å². The van der Waals surface area contributed by atoms with Gasteiger partial charge in [0.2, 0.25) is 0 Å². The summed E-state index contributed by atoms with van der Waals surface area (Å²) in [6.07, 6.45) is 0.730. The second-order valence-corrected chi connectivity index (χ2v) is 6.12. The van der Waals surface area contributed by atoms with E-state index in [0.717, 1.165) is 6.42 Å². The fourth-order valence-electron chi connectivity index (χ4n) is 2.38. The molecule has 0 aromatic carbocycles. The predicted octanol–water partition coefficient (Wildman–Crippen LogP) is 1.79. The first kappa shape index (κ1) is 15.9. The summed E-state index contributed by atoms with van der Waals surface area (Å²) in [5.41, 5.74) is -1.30. The van der Waals surface area contributed by atoms with E-state index in [0.29, 0.717) is 26.1 Å². The maximum atomic E-state index is 12.0. The van der Waals surface area contributed by atoms with Crippen LogP contribution in [0.25, 0.3) is 0 Å². The Bertz CT molecular complexity index is 345. The Morgan fingerprint density at radius 1 is 1.47 bits per heavy atom. The van der Waals surface area contributed by atoms with Crippen LogP contribution in [-0.2, 0) is 14.3 Å². The van der Waals surface area contributed by atoms with Crippen LogP contribution in [-0.4, -0.2) is 36.0 Å². The van der Waals surface area contributed by atoms with Gasteiger partial charge in [0.05, 0.1) is 12.5 Å². The van der Waals surface area contributed by atoms with Gasteiger partial charge in [0, 0.05) is 18.6 Å². The van der Waals surface area contributed by atoms with Gasteiger partial charge in [0.15, 0.2) is 0 Å². The molecule has 0 amide bonds. The lowest BCUT2D eigenvalue weighted by Gasteiger charge is -2.33. The first-order valence-corrected chi connectivity index (χ1v) is 6.66. The van der Waals surface area contributed by atoms with Gasteiger partial charge < -0.3 is 14.6 Å². The van der Waals surface area contributed by atoms with Crippen LogP contribution in [0, 0.1) is 16.7 Å². The number of ether oxygens (including phenoxy) is 2. The Labute approximate surface area is 114 Å². The molecule has 5 nitrogen and oxygen atoms in total. The number of rotatable bonds is 3. The Kier molecular flexibility index (Phi) is 5.33. The first-order valence-electron chi connectivity index (χ1n) is 6.66. The highest BCUT2D eigenvalue weighted by Gasteiger charge is 2.41. The average molecular weight is 269 g/mol. The van der Waals surface area contributed by atoms with E-state index in [-0.39, 0.29) is 12.4 Å². The number of aliphatic hydroxyl groups excluding tert-OH is 1. The van der Waals surface area contributed by atoms with Crippen LogP contribution in [0.15, 0.2) is 0 Å². The zero-order valence-electron chi connectivity index (χ0n) is 11.9. The lowest BCUT2D eigenvalue weighted by Crippen LogP contribution is -2.38. The molecule has 5 heteroatoms. The van der Waals surface area contributed by atoms with Crippen LogP contribution in [0.2, 0.25) is 0 Å². The van der Waals surface area contributed by atoms with Crippen LogP contribution >= 0.6 is 0 Å². The molecule has 1 N–H and O–H groups in total. The van der Waals surface area contributed by atoms with Crippen molar-refractivity contribution in [2.75, 3.05) is 13.2 Å². The topological polar surface area (TPSA) is 79.5 Å². The molecule has 108 valence electrons. The van der Waals surface area contributed by atoms with Gasteiger partial charge in [-0.1, -0.05) is 0 Å². The van der Waals surface area contributed by atoms with Crippen molar-refractivity contribution >= 4 is 5.97 Å². The monoisotopic (exact) mass is 269 g/mol. The lowest BCUT2D eigenvalue weighted by molar-refractivity contribution is -0.159. The molecule has 0 spiro atoms. The van der Waals surface area contributed by atoms with Crippen molar-refractivity contribution in [1.29, 1.82) is 5.26 Å². The maximum absolute atomic E-state index is 12.0. The zero-order valence-corrected chi connectivity index (χ0v) is 11.9. The molecule has 1 fully saturated rings. The lowest BCUT2D eigenvalue weighted by atomic mass is 9.73. The molecule has 0 saturated carbocycles. The average Bonchev–Trinajstić information content (AvgIpc) is 2.52. The molecule has 2 unspecified atom stereocenters. The zero-order chi connectivity index (χ0) is 14.5. The summed E-state index contributed by atoms with van der Waals surface area (Å²) in [6, 6.07) is 1.86. The number of esters is 1. The molecule has 0 radical (unpaired) electrons. The van der Waals surface area contributed by atoms with E-state index in [4.69, 9.17) is 14.7 Å². The van der Waals surface area contributed by atoms with E-state index < -0.39 is 17.1 Å². The number of aliphatic hydroxyl groups is 1. The smallest absolute Gasteiger partial charge is 0.307 e. The minimum absolute atomic E-state index is 0.0579. The van der Waals surface area contributed by atoms with Gasteiger partial charge in [0.1, 0.15) is 11.7 Å². The third-order valence-electron chi connectivity index (χ3n) is 3.33. The minimum Gasteiger partial charge on any atom is -0.460 e. The van der Waals surface area contributed by atoms with E-state index in [9.17, 15) is 9.90 Å². The number of hydrogen-bond donors (Lipinski definition) is 1. The number of hydrogen-bond acceptors (Lipinski definition) is 5. The Morgan fingerprint density at radius 3 is 2.74 bits per heavy atom. The molecule has 0 aliphatic carbocycles. The Balaban J connectivity index is 2.80. The number of nitrogens with zero attached hydrogens (tertiary/aromatic N) is 1. The highest BCUT2D eigenvalue weighted by atomic mass is 16.6. The summed E-state index contributed by atoms with van der Waals surface area (Å²) in [7, 11) is 0. The summed E-state index contributed by atoms with van der Waals surface area (Å²) in [5.74, 6) is -0.372.